The Bertz CT molecular complexity index is 1080. The van der Waals surface area contributed by atoms with Crippen molar-refractivity contribution in [3.8, 4) is 39.7 Å². The lowest BCUT2D eigenvalue weighted by molar-refractivity contribution is 0.415. The van der Waals surface area contributed by atoms with Crippen LogP contribution in [-0.2, 0) is 0 Å². The number of nitrogen functional groups attached to an aromatic ring is 1. The second-order valence-corrected chi connectivity index (χ2v) is 5.86. The van der Waals surface area contributed by atoms with Crippen molar-refractivity contribution in [3.63, 3.8) is 0 Å². The predicted molar refractivity (Wildman–Crippen MR) is 101 cm³/mol. The molecule has 0 bridgehead atoms. The number of methoxy groups -OCH3 is 1. The molecule has 1 aromatic carbocycles. The van der Waals surface area contributed by atoms with Crippen LogP contribution >= 0.6 is 0 Å². The van der Waals surface area contributed by atoms with Gasteiger partial charge in [0, 0.05) is 35.3 Å². The summed E-state index contributed by atoms with van der Waals surface area (Å²) in [5.74, 6) is 1.10. The summed E-state index contributed by atoms with van der Waals surface area (Å²) in [5, 5.41) is 0. The van der Waals surface area contributed by atoms with Gasteiger partial charge >= 0.3 is 0 Å². The fraction of sp³-hybridized carbons (Fsp3) is 0.0500. The summed E-state index contributed by atoms with van der Waals surface area (Å²) in [5.41, 5.74) is 9.75. The molecule has 0 unspecified atom stereocenters. The fourth-order valence-corrected chi connectivity index (χ4v) is 2.80. The normalized spacial score (nSPS) is 10.7. The molecule has 3 heterocycles. The Kier molecular flexibility index (Phi) is 4.25. The number of H-pyrrole nitrogens is 1. The van der Waals surface area contributed by atoms with E-state index >= 15 is 0 Å². The van der Waals surface area contributed by atoms with Gasteiger partial charge in [-0.25, -0.2) is 14.4 Å². The van der Waals surface area contributed by atoms with Crippen LogP contribution in [0.4, 0.5) is 10.2 Å². The highest BCUT2D eigenvalue weighted by Gasteiger charge is 2.17. The number of hydrogen-bond acceptors (Lipinski definition) is 5. The highest BCUT2D eigenvalue weighted by atomic mass is 19.1. The van der Waals surface area contributed by atoms with Crippen molar-refractivity contribution in [3.05, 3.63) is 66.9 Å². The lowest BCUT2D eigenvalue weighted by atomic mass is 10.1. The van der Waals surface area contributed by atoms with Crippen LogP contribution in [0.2, 0.25) is 0 Å². The van der Waals surface area contributed by atoms with Gasteiger partial charge < -0.3 is 15.5 Å². The first-order chi connectivity index (χ1) is 13.2. The van der Waals surface area contributed by atoms with E-state index in [2.05, 4.69) is 15.0 Å². The Hall–Kier alpha value is -3.74. The Morgan fingerprint density at radius 1 is 1.00 bits per heavy atom. The summed E-state index contributed by atoms with van der Waals surface area (Å²) >= 11 is 0. The van der Waals surface area contributed by atoms with Crippen molar-refractivity contribution in [1.82, 2.24) is 19.9 Å². The van der Waals surface area contributed by atoms with E-state index in [0.717, 1.165) is 22.4 Å². The van der Waals surface area contributed by atoms with E-state index in [4.69, 9.17) is 15.5 Å². The molecule has 6 nitrogen and oxygen atoms in total. The van der Waals surface area contributed by atoms with Gasteiger partial charge in [0.25, 0.3) is 0 Å². The number of benzene rings is 1. The molecule has 27 heavy (non-hydrogen) atoms. The van der Waals surface area contributed by atoms with Crippen LogP contribution in [0, 0.1) is 5.82 Å². The van der Waals surface area contributed by atoms with Gasteiger partial charge in [0.1, 0.15) is 11.6 Å². The summed E-state index contributed by atoms with van der Waals surface area (Å²) < 4.78 is 18.5. The van der Waals surface area contributed by atoms with E-state index in [9.17, 15) is 4.39 Å². The largest absolute Gasteiger partial charge is 0.493 e. The van der Waals surface area contributed by atoms with Crippen molar-refractivity contribution in [2.75, 3.05) is 12.8 Å². The van der Waals surface area contributed by atoms with Crippen molar-refractivity contribution in [2.24, 2.45) is 0 Å². The summed E-state index contributed by atoms with van der Waals surface area (Å²) in [6.45, 7) is 0. The molecule has 0 radical (unpaired) electrons. The molecule has 0 saturated carbocycles. The molecular formula is C20H16FN5O. The van der Waals surface area contributed by atoms with Crippen LogP contribution in [0.1, 0.15) is 0 Å². The first kappa shape index (κ1) is 16.7. The number of ether oxygens (including phenoxy) is 1. The minimum absolute atomic E-state index is 0.299. The van der Waals surface area contributed by atoms with Gasteiger partial charge in [-0.15, -0.1) is 0 Å². The second-order valence-electron chi connectivity index (χ2n) is 5.86. The van der Waals surface area contributed by atoms with E-state index < -0.39 is 0 Å². The maximum Gasteiger partial charge on any atom is 0.166 e. The molecular weight excluding hydrogens is 345 g/mol. The number of halogens is 1. The molecule has 0 aliphatic carbocycles. The monoisotopic (exact) mass is 361 g/mol. The topological polar surface area (TPSA) is 89.7 Å². The number of nitrogens with one attached hydrogen (secondary N) is 1. The number of nitrogens with zero attached hydrogens (tertiary/aromatic N) is 3. The molecule has 4 aromatic rings. The van der Waals surface area contributed by atoms with Crippen molar-refractivity contribution >= 4 is 5.82 Å². The van der Waals surface area contributed by atoms with Gasteiger partial charge in [-0.05, 0) is 42.5 Å². The van der Waals surface area contributed by atoms with Gasteiger partial charge in [0.15, 0.2) is 11.6 Å². The standard InChI is InChI=1S/C20H16FN5O/c1-27-16-10-14(11-24-19(16)22)18-17(12-6-8-23-9-7-12)25-20(26-18)13-2-4-15(21)5-3-13/h2-11H,1H3,(H2,22,24)(H,25,26). The molecule has 0 aliphatic rings. The zero-order valence-electron chi connectivity index (χ0n) is 14.5. The van der Waals surface area contributed by atoms with Gasteiger partial charge in [-0.3, -0.25) is 4.98 Å². The average Bonchev–Trinajstić information content (AvgIpc) is 3.15. The van der Waals surface area contributed by atoms with Crippen LogP contribution < -0.4 is 10.5 Å². The Morgan fingerprint density at radius 3 is 2.44 bits per heavy atom. The van der Waals surface area contributed by atoms with E-state index in [1.807, 2.05) is 12.1 Å². The van der Waals surface area contributed by atoms with Gasteiger partial charge in [-0.1, -0.05) is 0 Å². The zero-order valence-corrected chi connectivity index (χ0v) is 14.5. The highest BCUT2D eigenvalue weighted by molar-refractivity contribution is 5.81. The van der Waals surface area contributed by atoms with Crippen LogP contribution in [0.25, 0.3) is 33.9 Å². The minimum atomic E-state index is -0.299. The molecule has 3 N–H and O–H groups in total. The first-order valence-electron chi connectivity index (χ1n) is 8.22. The van der Waals surface area contributed by atoms with Crippen LogP contribution in [0.5, 0.6) is 5.75 Å². The average molecular weight is 361 g/mol. The van der Waals surface area contributed by atoms with Crippen molar-refractivity contribution in [1.29, 1.82) is 0 Å². The van der Waals surface area contributed by atoms with E-state index in [-0.39, 0.29) is 5.82 Å². The molecule has 0 amide bonds. The smallest absolute Gasteiger partial charge is 0.166 e. The summed E-state index contributed by atoms with van der Waals surface area (Å²) in [6.07, 6.45) is 5.06. The third kappa shape index (κ3) is 3.22. The molecule has 134 valence electrons. The molecule has 0 atom stereocenters. The Morgan fingerprint density at radius 2 is 1.74 bits per heavy atom. The maximum atomic E-state index is 13.3. The lowest BCUT2D eigenvalue weighted by Gasteiger charge is -2.07. The minimum Gasteiger partial charge on any atom is -0.493 e. The number of aromatic amines is 1. The molecule has 3 aromatic heterocycles. The quantitative estimate of drug-likeness (QED) is 0.575. The number of anilines is 1. The van der Waals surface area contributed by atoms with E-state index in [0.29, 0.717) is 23.1 Å². The lowest BCUT2D eigenvalue weighted by Crippen LogP contribution is -1.96. The molecule has 0 spiro atoms. The Balaban J connectivity index is 1.90. The van der Waals surface area contributed by atoms with Gasteiger partial charge in [-0.2, -0.15) is 0 Å². The van der Waals surface area contributed by atoms with Crippen LogP contribution in [0.3, 0.4) is 0 Å². The predicted octanol–water partition coefficient (Wildman–Crippen LogP) is 3.93. The molecule has 0 fully saturated rings. The number of aromatic nitrogens is 4. The third-order valence-electron chi connectivity index (χ3n) is 4.17. The number of nitrogens with two attached hydrogens (primary N) is 1. The number of pyridine rings is 2. The Labute approximate surface area is 154 Å². The van der Waals surface area contributed by atoms with E-state index in [1.54, 1.807) is 36.8 Å². The van der Waals surface area contributed by atoms with Crippen molar-refractivity contribution in [2.45, 2.75) is 0 Å². The van der Waals surface area contributed by atoms with Gasteiger partial charge in [0.2, 0.25) is 0 Å². The first-order valence-corrected chi connectivity index (χ1v) is 8.22. The van der Waals surface area contributed by atoms with Crippen LogP contribution in [-0.4, -0.2) is 27.0 Å². The number of hydrogen-bond donors (Lipinski definition) is 2. The second kappa shape index (κ2) is 6.87. The van der Waals surface area contributed by atoms with Crippen molar-refractivity contribution < 1.29 is 9.13 Å². The third-order valence-corrected chi connectivity index (χ3v) is 4.17. The van der Waals surface area contributed by atoms with E-state index in [1.165, 1.54) is 19.2 Å². The number of imidazole rings is 1. The SMILES string of the molecule is COc1cc(-c2nc(-c3ccc(F)cc3)[nH]c2-c2ccncc2)cnc1N. The summed E-state index contributed by atoms with van der Waals surface area (Å²) in [6, 6.07) is 11.7. The molecule has 0 aliphatic heterocycles. The van der Waals surface area contributed by atoms with Crippen LogP contribution in [0.15, 0.2) is 61.1 Å². The maximum absolute atomic E-state index is 13.3. The summed E-state index contributed by atoms with van der Waals surface area (Å²) in [7, 11) is 1.54. The fourth-order valence-electron chi connectivity index (χ4n) is 2.80. The molecule has 7 heteroatoms. The van der Waals surface area contributed by atoms with Gasteiger partial charge in [0.05, 0.1) is 18.5 Å². The molecule has 0 saturated heterocycles. The zero-order chi connectivity index (χ0) is 18.8. The number of rotatable bonds is 4. The summed E-state index contributed by atoms with van der Waals surface area (Å²) in [4.78, 5) is 16.3. The molecule has 4 rings (SSSR count). The highest BCUT2D eigenvalue weighted by Crippen LogP contribution is 2.34.